The van der Waals surface area contributed by atoms with Crippen molar-refractivity contribution in [3.8, 4) is 0 Å². The lowest BCUT2D eigenvalue weighted by molar-refractivity contribution is 0.404. The van der Waals surface area contributed by atoms with Gasteiger partial charge in [-0.1, -0.05) is 12.2 Å². The number of nitrogens with zero attached hydrogens (tertiary/aromatic N) is 6. The number of halogens is 4. The Morgan fingerprint density at radius 3 is 2.65 bits per heavy atom. The van der Waals surface area contributed by atoms with Gasteiger partial charge in [0.15, 0.2) is 23.3 Å². The maximum absolute atomic E-state index is 14.6. The second kappa shape index (κ2) is 9.66. The van der Waals surface area contributed by atoms with Crippen molar-refractivity contribution in [1.82, 2.24) is 14.1 Å². The molecule has 0 spiro atoms. The number of rotatable bonds is 5. The first kappa shape index (κ1) is 25.0. The molecule has 2 N–H and O–H groups in total. The number of imidazole rings is 1. The number of benzene rings is 1. The van der Waals surface area contributed by atoms with E-state index < -0.39 is 29.0 Å². The Morgan fingerprint density at radius 1 is 1.16 bits per heavy atom. The molecule has 0 amide bonds. The lowest BCUT2D eigenvalue weighted by atomic mass is 10.1. The van der Waals surface area contributed by atoms with E-state index in [2.05, 4.69) is 9.89 Å². The summed E-state index contributed by atoms with van der Waals surface area (Å²) in [6, 6.07) is 1.73. The summed E-state index contributed by atoms with van der Waals surface area (Å²) in [5, 5.41) is 0. The van der Waals surface area contributed by atoms with Crippen LogP contribution in [0.3, 0.4) is 0 Å². The normalized spacial score (nSPS) is 18.1. The van der Waals surface area contributed by atoms with Crippen LogP contribution < -0.4 is 21.1 Å². The van der Waals surface area contributed by atoms with Gasteiger partial charge in [0.25, 0.3) is 5.56 Å². The summed E-state index contributed by atoms with van der Waals surface area (Å²) in [6.45, 7) is 3.25. The molecule has 2 aliphatic heterocycles. The number of amidine groups is 1. The third-order valence-corrected chi connectivity index (χ3v) is 6.91. The van der Waals surface area contributed by atoms with Gasteiger partial charge in [-0.3, -0.25) is 9.79 Å². The zero-order valence-corrected chi connectivity index (χ0v) is 20.5. The van der Waals surface area contributed by atoms with E-state index in [1.807, 2.05) is 23.6 Å². The van der Waals surface area contributed by atoms with E-state index in [0.29, 0.717) is 30.1 Å². The van der Waals surface area contributed by atoms with E-state index in [1.165, 1.54) is 11.6 Å². The Labute approximate surface area is 210 Å². The second-order valence-electron chi connectivity index (χ2n) is 9.30. The van der Waals surface area contributed by atoms with Crippen LogP contribution in [0.15, 0.2) is 34.2 Å². The molecule has 0 saturated carbocycles. The van der Waals surface area contributed by atoms with Gasteiger partial charge in [-0.15, -0.1) is 0 Å². The first-order valence-electron chi connectivity index (χ1n) is 12.1. The van der Waals surface area contributed by atoms with E-state index >= 15 is 0 Å². The van der Waals surface area contributed by atoms with Crippen LogP contribution in [0.1, 0.15) is 25.3 Å². The monoisotopic (exact) mass is 517 g/mol. The number of nitrogens with two attached hydrogens (primary N) is 1. The number of anilines is 2. The molecule has 1 unspecified atom stereocenters. The molecule has 1 atom stereocenters. The predicted octanol–water partition coefficient (Wildman–Crippen LogP) is 3.31. The minimum Gasteiger partial charge on any atom is -0.341 e. The molecule has 0 bridgehead atoms. The molecule has 0 aliphatic carbocycles. The first-order chi connectivity index (χ1) is 17.7. The molecular formula is C25H27F4N7O. The number of fused-ring (bicyclic) bond motifs is 2. The van der Waals surface area contributed by atoms with Crippen molar-refractivity contribution in [2.24, 2.45) is 10.7 Å². The fourth-order valence-electron chi connectivity index (χ4n) is 4.98. The highest BCUT2D eigenvalue weighted by Crippen LogP contribution is 2.34. The molecule has 2 aliphatic rings. The van der Waals surface area contributed by atoms with Crippen molar-refractivity contribution in [3.63, 3.8) is 0 Å². The summed E-state index contributed by atoms with van der Waals surface area (Å²) in [7, 11) is 1.37. The molecule has 5 rings (SSSR count). The molecule has 196 valence electrons. The van der Waals surface area contributed by atoms with Gasteiger partial charge in [-0.2, -0.15) is 0 Å². The van der Waals surface area contributed by atoms with Gasteiger partial charge < -0.3 is 24.7 Å². The summed E-state index contributed by atoms with van der Waals surface area (Å²) in [5.41, 5.74) is 5.94. The van der Waals surface area contributed by atoms with E-state index in [9.17, 15) is 22.4 Å². The zero-order valence-electron chi connectivity index (χ0n) is 20.5. The molecule has 1 aromatic carbocycles. The smallest absolute Gasteiger partial charge is 0.277 e. The van der Waals surface area contributed by atoms with Crippen molar-refractivity contribution in [3.05, 3.63) is 63.6 Å². The number of hydrogen-bond acceptors (Lipinski definition) is 6. The van der Waals surface area contributed by atoms with Gasteiger partial charge in [-0.25, -0.2) is 22.5 Å². The highest BCUT2D eigenvalue weighted by atomic mass is 19.2. The molecule has 4 heterocycles. The van der Waals surface area contributed by atoms with Crippen molar-refractivity contribution in [1.29, 1.82) is 0 Å². The lowest BCUT2D eigenvalue weighted by Gasteiger charge is -2.31. The summed E-state index contributed by atoms with van der Waals surface area (Å²) in [4.78, 5) is 25.8. The van der Waals surface area contributed by atoms with Crippen molar-refractivity contribution in [2.75, 3.05) is 29.9 Å². The van der Waals surface area contributed by atoms with Gasteiger partial charge in [-0.05, 0) is 25.8 Å². The van der Waals surface area contributed by atoms with Crippen LogP contribution in [0.2, 0.25) is 0 Å². The minimum absolute atomic E-state index is 0.0201. The molecule has 1 fully saturated rings. The fourth-order valence-corrected chi connectivity index (χ4v) is 4.98. The van der Waals surface area contributed by atoms with Crippen LogP contribution in [0.5, 0.6) is 0 Å². The summed E-state index contributed by atoms with van der Waals surface area (Å²) >= 11 is 0. The van der Waals surface area contributed by atoms with Crippen LogP contribution in [-0.2, 0) is 19.6 Å². The quantitative estimate of drug-likeness (QED) is 0.243. The zero-order chi connectivity index (χ0) is 26.4. The third kappa shape index (κ3) is 4.18. The average Bonchev–Trinajstić information content (AvgIpc) is 3.26. The number of pyridine rings is 1. The van der Waals surface area contributed by atoms with E-state index in [1.54, 1.807) is 12.3 Å². The Kier molecular flexibility index (Phi) is 6.52. The number of allylic oxidation sites excluding steroid dienone is 2. The topological polar surface area (TPSA) is 84.7 Å². The Hall–Kier alpha value is -3.67. The molecular weight excluding hydrogens is 490 g/mol. The molecule has 12 heteroatoms. The number of aliphatic imine (C=N–C) groups is 1. The summed E-state index contributed by atoms with van der Waals surface area (Å²) in [5.74, 6) is -5.87. The van der Waals surface area contributed by atoms with E-state index in [4.69, 9.17) is 10.7 Å². The summed E-state index contributed by atoms with van der Waals surface area (Å²) in [6.07, 6.45) is 7.22. The SMILES string of the molecule is C/C=C/Cn1c(N2CCCC(N)C2)nc2ccn(CC3=NCc4c(F)c(F)c(F)c(F)c4N3C)c(=O)c21. The van der Waals surface area contributed by atoms with Gasteiger partial charge in [0.05, 0.1) is 24.3 Å². The standard InChI is InChI=1S/C25H27F4N7O/c1-3-4-9-36-23-16(32-25(36)35-8-5-6-14(30)12-35)7-10-34(24(23)37)13-17-31-11-15-18(26)19(27)20(28)21(29)22(15)33(17)2/h3-4,7,10,14H,5-6,8-9,11-13,30H2,1-2H3/b4-3+. The predicted molar refractivity (Wildman–Crippen MR) is 134 cm³/mol. The van der Waals surface area contributed by atoms with Crippen LogP contribution in [0.4, 0.5) is 29.2 Å². The highest BCUT2D eigenvalue weighted by Gasteiger charge is 2.31. The molecule has 2 aromatic heterocycles. The van der Waals surface area contributed by atoms with E-state index in [-0.39, 0.29) is 36.1 Å². The average molecular weight is 518 g/mol. The molecule has 37 heavy (non-hydrogen) atoms. The van der Waals surface area contributed by atoms with Crippen molar-refractivity contribution < 1.29 is 17.6 Å². The van der Waals surface area contributed by atoms with Gasteiger partial charge >= 0.3 is 0 Å². The highest BCUT2D eigenvalue weighted by molar-refractivity contribution is 5.99. The van der Waals surface area contributed by atoms with Crippen LogP contribution in [-0.4, -0.2) is 46.1 Å². The number of piperidine rings is 1. The van der Waals surface area contributed by atoms with Gasteiger partial charge in [0.2, 0.25) is 5.95 Å². The molecule has 3 aromatic rings. The fraction of sp³-hybridized carbons (Fsp3) is 0.400. The first-order valence-corrected chi connectivity index (χ1v) is 12.1. The minimum atomic E-state index is -1.89. The van der Waals surface area contributed by atoms with E-state index in [0.717, 1.165) is 24.3 Å². The van der Waals surface area contributed by atoms with Crippen LogP contribution in [0, 0.1) is 23.3 Å². The number of hydrogen-bond donors (Lipinski definition) is 1. The number of aromatic nitrogens is 3. The van der Waals surface area contributed by atoms with Crippen molar-refractivity contribution in [2.45, 2.75) is 45.4 Å². The Morgan fingerprint density at radius 2 is 1.92 bits per heavy atom. The third-order valence-electron chi connectivity index (χ3n) is 6.91. The van der Waals surface area contributed by atoms with Crippen molar-refractivity contribution >= 4 is 28.5 Å². The van der Waals surface area contributed by atoms with Gasteiger partial charge in [0.1, 0.15) is 11.4 Å². The molecule has 0 radical (unpaired) electrons. The second-order valence-corrected chi connectivity index (χ2v) is 9.30. The Balaban J connectivity index is 1.54. The molecule has 1 saturated heterocycles. The number of likely N-dealkylation sites (N-methyl/N-ethyl adjacent to an activating group) is 1. The van der Waals surface area contributed by atoms with Crippen LogP contribution in [0.25, 0.3) is 11.0 Å². The largest absolute Gasteiger partial charge is 0.341 e. The Bertz CT molecular complexity index is 1490. The van der Waals surface area contributed by atoms with Crippen LogP contribution >= 0.6 is 0 Å². The maximum atomic E-state index is 14.6. The molecule has 8 nitrogen and oxygen atoms in total. The van der Waals surface area contributed by atoms with Gasteiger partial charge in [0, 0.05) is 44.5 Å². The summed E-state index contributed by atoms with van der Waals surface area (Å²) < 4.78 is 59.7. The maximum Gasteiger partial charge on any atom is 0.277 e. The lowest BCUT2D eigenvalue weighted by Crippen LogP contribution is -2.44.